The van der Waals surface area contributed by atoms with Gasteiger partial charge >= 0.3 is 12.0 Å². The maximum Gasteiger partial charge on any atom is 0.312 e. The number of carbonyl (C=O) groups is 3. The molecular weight excluding hydrogens is 393 g/mol. The number of anilines is 1. The molecule has 2 aromatic rings. The first kappa shape index (κ1) is 20.5. The number of rotatable bonds is 7. The Bertz CT molecular complexity index is 828. The fourth-order valence-corrected chi connectivity index (χ4v) is 2.57. The lowest BCUT2D eigenvalue weighted by molar-refractivity contribution is -0.147. The molecule has 2 aromatic carbocycles. The van der Waals surface area contributed by atoms with Crippen LogP contribution in [-0.2, 0) is 14.3 Å². The summed E-state index contributed by atoms with van der Waals surface area (Å²) in [7, 11) is 0. The van der Waals surface area contributed by atoms with E-state index in [9.17, 15) is 14.4 Å². The fourth-order valence-electron chi connectivity index (χ4n) is 2.25. The number of benzene rings is 2. The van der Waals surface area contributed by atoms with Gasteiger partial charge in [0, 0.05) is 15.7 Å². The highest BCUT2D eigenvalue weighted by Crippen LogP contribution is 2.20. The van der Waals surface area contributed by atoms with Crippen molar-refractivity contribution in [2.24, 2.45) is 5.73 Å². The summed E-state index contributed by atoms with van der Waals surface area (Å²) >= 11 is 11.7. The molecule has 0 saturated heterocycles. The Hall–Kier alpha value is -2.77. The van der Waals surface area contributed by atoms with Crippen molar-refractivity contribution in [3.8, 4) is 0 Å². The Labute approximate surface area is 165 Å². The largest absolute Gasteiger partial charge is 0.455 e. The molecule has 7 nitrogen and oxygen atoms in total. The summed E-state index contributed by atoms with van der Waals surface area (Å²) in [4.78, 5) is 35.1. The number of esters is 1. The summed E-state index contributed by atoms with van der Waals surface area (Å²) in [6.07, 6.45) is -0.199. The van der Waals surface area contributed by atoms with Crippen molar-refractivity contribution in [2.45, 2.75) is 12.5 Å². The Kier molecular flexibility index (Phi) is 7.45. The predicted octanol–water partition coefficient (Wildman–Crippen LogP) is 3.27. The minimum Gasteiger partial charge on any atom is -0.455 e. The highest BCUT2D eigenvalue weighted by molar-refractivity contribution is 6.31. The molecule has 0 aliphatic rings. The van der Waals surface area contributed by atoms with Gasteiger partial charge in [-0.3, -0.25) is 9.59 Å². The second kappa shape index (κ2) is 9.80. The normalized spacial score (nSPS) is 11.3. The maximum atomic E-state index is 12.0. The molecule has 1 atom stereocenters. The Morgan fingerprint density at radius 1 is 1.04 bits per heavy atom. The average Bonchev–Trinajstić information content (AvgIpc) is 2.60. The lowest BCUT2D eigenvalue weighted by atomic mass is 10.0. The maximum absolute atomic E-state index is 12.0. The molecule has 9 heteroatoms. The van der Waals surface area contributed by atoms with E-state index >= 15 is 0 Å². The van der Waals surface area contributed by atoms with E-state index in [0.29, 0.717) is 21.3 Å². The lowest BCUT2D eigenvalue weighted by Crippen LogP contribution is -2.35. The van der Waals surface area contributed by atoms with E-state index < -0.39 is 30.6 Å². The molecule has 0 aliphatic carbocycles. The highest BCUT2D eigenvalue weighted by Gasteiger charge is 2.19. The number of carbonyl (C=O) groups excluding carboxylic acids is 3. The third-order valence-electron chi connectivity index (χ3n) is 3.43. The number of hydrogen-bond acceptors (Lipinski definition) is 4. The minimum absolute atomic E-state index is 0.199. The van der Waals surface area contributed by atoms with Gasteiger partial charge in [-0.1, -0.05) is 41.4 Å². The van der Waals surface area contributed by atoms with Crippen molar-refractivity contribution in [1.29, 1.82) is 0 Å². The third-order valence-corrected chi connectivity index (χ3v) is 3.92. The van der Waals surface area contributed by atoms with Gasteiger partial charge in [0.1, 0.15) is 0 Å². The number of nitrogens with two attached hydrogens (primary N) is 1. The van der Waals surface area contributed by atoms with Gasteiger partial charge in [-0.25, -0.2) is 4.79 Å². The number of ether oxygens (including phenoxy) is 1. The summed E-state index contributed by atoms with van der Waals surface area (Å²) < 4.78 is 4.96. The third kappa shape index (κ3) is 7.16. The molecule has 3 amide bonds. The molecule has 0 aromatic heterocycles. The number of halogens is 2. The number of hydrogen-bond donors (Lipinski definition) is 3. The van der Waals surface area contributed by atoms with Crippen LogP contribution < -0.4 is 16.4 Å². The van der Waals surface area contributed by atoms with Gasteiger partial charge in [0.2, 0.25) is 0 Å². The van der Waals surface area contributed by atoms with E-state index in [4.69, 9.17) is 33.7 Å². The van der Waals surface area contributed by atoms with E-state index in [2.05, 4.69) is 10.6 Å². The van der Waals surface area contributed by atoms with E-state index in [0.717, 1.165) is 0 Å². The van der Waals surface area contributed by atoms with Crippen LogP contribution in [0.4, 0.5) is 10.5 Å². The second-order valence-corrected chi connectivity index (χ2v) is 6.41. The molecule has 0 fully saturated rings. The monoisotopic (exact) mass is 409 g/mol. The van der Waals surface area contributed by atoms with Crippen molar-refractivity contribution in [1.82, 2.24) is 5.32 Å². The Morgan fingerprint density at radius 2 is 1.74 bits per heavy atom. The molecule has 4 N–H and O–H groups in total. The SMILES string of the molecule is NC(=O)N[C@@H](CC(=O)OCC(=O)Nc1cccc(Cl)c1)c1ccc(Cl)cc1. The molecule has 0 unspecified atom stereocenters. The molecule has 0 spiro atoms. The fraction of sp³-hybridized carbons (Fsp3) is 0.167. The zero-order valence-electron chi connectivity index (χ0n) is 14.1. The lowest BCUT2D eigenvalue weighted by Gasteiger charge is -2.17. The van der Waals surface area contributed by atoms with Gasteiger partial charge in [-0.05, 0) is 35.9 Å². The number of primary amides is 1. The zero-order valence-corrected chi connectivity index (χ0v) is 15.6. The quantitative estimate of drug-likeness (QED) is 0.609. The van der Waals surface area contributed by atoms with Crippen molar-refractivity contribution in [2.75, 3.05) is 11.9 Å². The molecule has 142 valence electrons. The summed E-state index contributed by atoms with van der Waals surface area (Å²) in [5, 5.41) is 5.99. The van der Waals surface area contributed by atoms with E-state index in [1.807, 2.05) is 0 Å². The summed E-state index contributed by atoms with van der Waals surface area (Å²) in [5.41, 5.74) is 6.26. The van der Waals surface area contributed by atoms with Crippen LogP contribution in [0.25, 0.3) is 0 Å². The molecule has 27 heavy (non-hydrogen) atoms. The van der Waals surface area contributed by atoms with E-state index in [-0.39, 0.29) is 6.42 Å². The topological polar surface area (TPSA) is 111 Å². The van der Waals surface area contributed by atoms with Gasteiger partial charge in [-0.2, -0.15) is 0 Å². The van der Waals surface area contributed by atoms with Gasteiger partial charge in [0.25, 0.3) is 5.91 Å². The van der Waals surface area contributed by atoms with Crippen LogP contribution in [0.5, 0.6) is 0 Å². The molecule has 0 bridgehead atoms. The highest BCUT2D eigenvalue weighted by atomic mass is 35.5. The molecule has 0 saturated carbocycles. The second-order valence-electron chi connectivity index (χ2n) is 5.54. The standard InChI is InChI=1S/C18H17Cl2N3O4/c19-12-6-4-11(5-7-12)15(23-18(21)26)9-17(25)27-10-16(24)22-14-3-1-2-13(20)8-14/h1-8,15H,9-10H2,(H,22,24)(H3,21,23,26)/t15-/m0/s1. The Balaban J connectivity index is 1.90. The summed E-state index contributed by atoms with van der Waals surface area (Å²) in [6.45, 7) is -0.477. The molecule has 2 rings (SSSR count). The van der Waals surface area contributed by atoms with E-state index in [1.165, 1.54) is 0 Å². The number of amides is 3. The van der Waals surface area contributed by atoms with E-state index in [1.54, 1.807) is 48.5 Å². The van der Waals surface area contributed by atoms with Crippen LogP contribution in [0.3, 0.4) is 0 Å². The first-order valence-electron chi connectivity index (χ1n) is 7.86. The molecule has 0 radical (unpaired) electrons. The van der Waals surface area contributed by atoms with Crippen molar-refractivity contribution in [3.63, 3.8) is 0 Å². The van der Waals surface area contributed by atoms with Gasteiger partial charge in [0.15, 0.2) is 6.61 Å². The molecular formula is C18H17Cl2N3O4. The minimum atomic E-state index is -0.790. The Morgan fingerprint density at radius 3 is 2.37 bits per heavy atom. The van der Waals surface area contributed by atoms with Crippen molar-refractivity contribution in [3.05, 3.63) is 64.1 Å². The van der Waals surface area contributed by atoms with Crippen molar-refractivity contribution < 1.29 is 19.1 Å². The first-order chi connectivity index (χ1) is 12.8. The van der Waals surface area contributed by atoms with Crippen LogP contribution in [-0.4, -0.2) is 24.5 Å². The summed E-state index contributed by atoms with van der Waals surface area (Å²) in [5.74, 6) is -1.19. The predicted molar refractivity (Wildman–Crippen MR) is 103 cm³/mol. The van der Waals surface area contributed by atoms with Crippen LogP contribution in [0.2, 0.25) is 10.0 Å². The molecule has 0 heterocycles. The van der Waals surface area contributed by atoms with Gasteiger partial charge < -0.3 is 21.1 Å². The molecule has 0 aliphatic heterocycles. The zero-order chi connectivity index (χ0) is 19.8. The van der Waals surface area contributed by atoms with Crippen LogP contribution in [0.15, 0.2) is 48.5 Å². The number of nitrogens with one attached hydrogen (secondary N) is 2. The number of urea groups is 1. The van der Waals surface area contributed by atoms with Gasteiger partial charge in [0.05, 0.1) is 12.5 Å². The van der Waals surface area contributed by atoms with Crippen LogP contribution in [0, 0.1) is 0 Å². The first-order valence-corrected chi connectivity index (χ1v) is 8.61. The smallest absolute Gasteiger partial charge is 0.312 e. The average molecular weight is 410 g/mol. The van der Waals surface area contributed by atoms with Crippen LogP contribution in [0.1, 0.15) is 18.0 Å². The van der Waals surface area contributed by atoms with Gasteiger partial charge in [-0.15, -0.1) is 0 Å². The van der Waals surface area contributed by atoms with Crippen LogP contribution >= 0.6 is 23.2 Å². The summed E-state index contributed by atoms with van der Waals surface area (Å²) in [6, 6.07) is 11.6. The van der Waals surface area contributed by atoms with Crippen molar-refractivity contribution >= 4 is 46.8 Å².